The number of rotatable bonds is 7. The normalized spacial score (nSPS) is 21.3. The summed E-state index contributed by atoms with van der Waals surface area (Å²) in [6, 6.07) is 11.9. The maximum absolute atomic E-state index is 13.6. The Bertz CT molecular complexity index is 1090. The molecular formula is C24H30N2O7S. The first-order chi connectivity index (χ1) is 16.4. The van der Waals surface area contributed by atoms with Gasteiger partial charge >= 0.3 is 0 Å². The number of hydrogen-bond donors (Lipinski definition) is 0. The molecule has 9 nitrogen and oxygen atoms in total. The van der Waals surface area contributed by atoms with Crippen LogP contribution < -0.4 is 14.2 Å². The highest BCUT2D eigenvalue weighted by atomic mass is 32.2. The Kier molecular flexibility index (Phi) is 7.30. The van der Waals surface area contributed by atoms with Crippen LogP contribution in [0.15, 0.2) is 47.4 Å². The predicted octanol–water partition coefficient (Wildman–Crippen LogP) is 1.98. The molecule has 2 aromatic rings. The Labute approximate surface area is 200 Å². The summed E-state index contributed by atoms with van der Waals surface area (Å²) in [6.07, 6.45) is 0. The maximum Gasteiger partial charge on any atom is 0.243 e. The molecule has 2 aliphatic heterocycles. The molecule has 184 valence electrons. The fourth-order valence-corrected chi connectivity index (χ4v) is 6.14. The molecule has 0 aliphatic carbocycles. The summed E-state index contributed by atoms with van der Waals surface area (Å²) in [6.45, 7) is 2.18. The second-order valence-electron chi connectivity index (χ2n) is 8.24. The largest absolute Gasteiger partial charge is 0.493 e. The molecule has 2 heterocycles. The van der Waals surface area contributed by atoms with Crippen LogP contribution in [0.25, 0.3) is 0 Å². The number of methoxy groups -OCH3 is 3. The second kappa shape index (κ2) is 10.2. The van der Waals surface area contributed by atoms with Gasteiger partial charge in [0.1, 0.15) is 0 Å². The first kappa shape index (κ1) is 24.3. The fourth-order valence-electron chi connectivity index (χ4n) is 4.63. The molecule has 0 aromatic heterocycles. The third kappa shape index (κ3) is 4.57. The molecule has 0 saturated carbocycles. The van der Waals surface area contributed by atoms with E-state index in [1.807, 2.05) is 0 Å². The van der Waals surface area contributed by atoms with Crippen LogP contribution in [0, 0.1) is 5.92 Å². The summed E-state index contributed by atoms with van der Waals surface area (Å²) in [7, 11) is 0.804. The smallest absolute Gasteiger partial charge is 0.243 e. The number of nitrogens with zero attached hydrogens (tertiary/aromatic N) is 2. The van der Waals surface area contributed by atoms with Crippen molar-refractivity contribution in [1.82, 2.24) is 9.21 Å². The Morgan fingerprint density at radius 3 is 2.12 bits per heavy atom. The minimum absolute atomic E-state index is 0.0761. The van der Waals surface area contributed by atoms with Gasteiger partial charge in [-0.3, -0.25) is 4.79 Å². The standard InChI is InChI=1S/C24H30N2O7S/c1-30-21-13-17(14-22(31-2)23(21)32-3)19-15-26(34(28,29)18-7-5-4-6-8-18)16-20(19)24(27)25-9-11-33-12-10-25/h4-8,13-14,19-20H,9-12,15-16H2,1-3H3/t19-,20+/m0/s1. The van der Waals surface area contributed by atoms with Crippen molar-refractivity contribution >= 4 is 15.9 Å². The van der Waals surface area contributed by atoms with E-state index in [0.29, 0.717) is 43.6 Å². The van der Waals surface area contributed by atoms with Crippen LogP contribution in [-0.4, -0.2) is 84.3 Å². The number of benzene rings is 2. The van der Waals surface area contributed by atoms with Gasteiger partial charge in [0.2, 0.25) is 21.7 Å². The van der Waals surface area contributed by atoms with Crippen LogP contribution in [-0.2, 0) is 19.6 Å². The SMILES string of the molecule is COc1cc([C@@H]2CN(S(=O)(=O)c3ccccc3)C[C@H]2C(=O)N2CCOCC2)cc(OC)c1OC. The third-order valence-corrected chi connectivity index (χ3v) is 8.27. The van der Waals surface area contributed by atoms with Crippen LogP contribution in [0.3, 0.4) is 0 Å². The van der Waals surface area contributed by atoms with Gasteiger partial charge in [-0.1, -0.05) is 18.2 Å². The molecular weight excluding hydrogens is 460 g/mol. The first-order valence-electron chi connectivity index (χ1n) is 11.1. The lowest BCUT2D eigenvalue weighted by molar-refractivity contribution is -0.139. The van der Waals surface area contributed by atoms with E-state index in [1.54, 1.807) is 47.4 Å². The van der Waals surface area contributed by atoms with Gasteiger partial charge in [-0.15, -0.1) is 0 Å². The van der Waals surface area contributed by atoms with Crippen LogP contribution in [0.4, 0.5) is 0 Å². The molecule has 4 rings (SSSR count). The molecule has 0 radical (unpaired) electrons. The molecule has 1 amide bonds. The lowest BCUT2D eigenvalue weighted by atomic mass is 9.87. The van der Waals surface area contributed by atoms with E-state index in [0.717, 1.165) is 5.56 Å². The van der Waals surface area contributed by atoms with Crippen molar-refractivity contribution in [3.8, 4) is 17.2 Å². The number of carbonyl (C=O) groups is 1. The third-order valence-electron chi connectivity index (χ3n) is 6.42. The Hall–Kier alpha value is -2.82. The van der Waals surface area contributed by atoms with E-state index < -0.39 is 15.9 Å². The number of amides is 1. The Balaban J connectivity index is 1.74. The lowest BCUT2D eigenvalue weighted by Crippen LogP contribution is -2.45. The average Bonchev–Trinajstić information content (AvgIpc) is 3.34. The minimum atomic E-state index is -3.77. The van der Waals surface area contributed by atoms with Gasteiger partial charge < -0.3 is 23.8 Å². The highest BCUT2D eigenvalue weighted by Crippen LogP contribution is 2.44. The van der Waals surface area contributed by atoms with Crippen molar-refractivity contribution in [2.24, 2.45) is 5.92 Å². The van der Waals surface area contributed by atoms with E-state index in [-0.39, 0.29) is 29.8 Å². The van der Waals surface area contributed by atoms with Crippen molar-refractivity contribution in [3.05, 3.63) is 48.0 Å². The zero-order valence-corrected chi connectivity index (χ0v) is 20.4. The summed E-state index contributed by atoms with van der Waals surface area (Å²) < 4.78 is 50.1. The number of ether oxygens (including phenoxy) is 4. The highest BCUT2D eigenvalue weighted by Gasteiger charge is 2.45. The Morgan fingerprint density at radius 1 is 0.941 bits per heavy atom. The summed E-state index contributed by atoms with van der Waals surface area (Å²) in [4.78, 5) is 15.6. The van der Waals surface area contributed by atoms with E-state index in [4.69, 9.17) is 18.9 Å². The topological polar surface area (TPSA) is 94.6 Å². The van der Waals surface area contributed by atoms with Crippen LogP contribution >= 0.6 is 0 Å². The molecule has 0 spiro atoms. The zero-order chi connectivity index (χ0) is 24.3. The summed E-state index contributed by atoms with van der Waals surface area (Å²) in [5.41, 5.74) is 0.756. The number of carbonyl (C=O) groups excluding carboxylic acids is 1. The maximum atomic E-state index is 13.6. The molecule has 34 heavy (non-hydrogen) atoms. The number of hydrogen-bond acceptors (Lipinski definition) is 7. The van der Waals surface area contributed by atoms with Crippen LogP contribution in [0.1, 0.15) is 11.5 Å². The first-order valence-corrected chi connectivity index (χ1v) is 12.6. The van der Waals surface area contributed by atoms with Crippen molar-refractivity contribution in [2.75, 3.05) is 60.7 Å². The van der Waals surface area contributed by atoms with Gasteiger partial charge in [0, 0.05) is 32.1 Å². The van der Waals surface area contributed by atoms with Gasteiger partial charge in [-0.2, -0.15) is 4.31 Å². The summed E-state index contributed by atoms with van der Waals surface area (Å²) in [5.74, 6) is 0.337. The molecule has 10 heteroatoms. The summed E-state index contributed by atoms with van der Waals surface area (Å²) >= 11 is 0. The average molecular weight is 491 g/mol. The monoisotopic (exact) mass is 490 g/mol. The second-order valence-corrected chi connectivity index (χ2v) is 10.2. The van der Waals surface area contributed by atoms with Crippen molar-refractivity contribution < 1.29 is 32.2 Å². The summed E-state index contributed by atoms with van der Waals surface area (Å²) in [5, 5.41) is 0. The van der Waals surface area contributed by atoms with E-state index in [2.05, 4.69) is 0 Å². The van der Waals surface area contributed by atoms with Gasteiger partial charge in [0.25, 0.3) is 0 Å². The van der Waals surface area contributed by atoms with Gasteiger partial charge in [0.15, 0.2) is 11.5 Å². The molecule has 2 fully saturated rings. The molecule has 0 N–H and O–H groups in total. The fraction of sp³-hybridized carbons (Fsp3) is 0.458. The number of morpholine rings is 1. The van der Waals surface area contributed by atoms with E-state index >= 15 is 0 Å². The van der Waals surface area contributed by atoms with Crippen molar-refractivity contribution in [2.45, 2.75) is 10.8 Å². The highest BCUT2D eigenvalue weighted by molar-refractivity contribution is 7.89. The van der Waals surface area contributed by atoms with Crippen LogP contribution in [0.5, 0.6) is 17.2 Å². The predicted molar refractivity (Wildman–Crippen MR) is 125 cm³/mol. The minimum Gasteiger partial charge on any atom is -0.493 e. The van der Waals surface area contributed by atoms with Gasteiger partial charge in [-0.25, -0.2) is 8.42 Å². The van der Waals surface area contributed by atoms with E-state index in [1.165, 1.54) is 25.6 Å². The van der Waals surface area contributed by atoms with E-state index in [9.17, 15) is 13.2 Å². The molecule has 0 bridgehead atoms. The molecule has 2 atom stereocenters. The molecule has 2 aliphatic rings. The van der Waals surface area contributed by atoms with Gasteiger partial charge in [0.05, 0.1) is 45.4 Å². The quantitative estimate of drug-likeness (QED) is 0.586. The van der Waals surface area contributed by atoms with Crippen molar-refractivity contribution in [1.29, 1.82) is 0 Å². The Morgan fingerprint density at radius 2 is 1.56 bits per heavy atom. The van der Waals surface area contributed by atoms with Crippen molar-refractivity contribution in [3.63, 3.8) is 0 Å². The molecule has 2 saturated heterocycles. The molecule has 0 unspecified atom stereocenters. The number of sulfonamides is 1. The zero-order valence-electron chi connectivity index (χ0n) is 19.6. The van der Waals surface area contributed by atoms with Gasteiger partial charge in [-0.05, 0) is 29.8 Å². The molecule has 2 aromatic carbocycles. The lowest BCUT2D eigenvalue weighted by Gasteiger charge is -2.31. The van der Waals surface area contributed by atoms with Crippen LogP contribution in [0.2, 0.25) is 0 Å².